The summed E-state index contributed by atoms with van der Waals surface area (Å²) in [6.45, 7) is 7.29. The van der Waals surface area contributed by atoms with Crippen LogP contribution < -0.4 is 0 Å². The van der Waals surface area contributed by atoms with Crippen LogP contribution in [-0.2, 0) is 0 Å². The molecule has 1 aliphatic carbocycles. The highest BCUT2D eigenvalue weighted by Crippen LogP contribution is 2.34. The molecule has 0 aromatic carbocycles. The van der Waals surface area contributed by atoms with Crippen molar-refractivity contribution in [3.63, 3.8) is 0 Å². The van der Waals surface area contributed by atoms with E-state index in [1.54, 1.807) is 5.70 Å². The predicted molar refractivity (Wildman–Crippen MR) is 70.3 cm³/mol. The molecule has 0 aromatic heterocycles. The maximum atomic E-state index is 2.68. The Hall–Kier alpha value is -0.460. The molecule has 2 rings (SSSR count). The second-order valence-electron chi connectivity index (χ2n) is 5.71. The van der Waals surface area contributed by atoms with Crippen LogP contribution >= 0.6 is 0 Å². The van der Waals surface area contributed by atoms with Crippen LogP contribution in [0.1, 0.15) is 58.8 Å². The van der Waals surface area contributed by atoms with Gasteiger partial charge in [0, 0.05) is 18.8 Å². The first-order valence-electron chi connectivity index (χ1n) is 7.26. The summed E-state index contributed by atoms with van der Waals surface area (Å²) in [5.41, 5.74) is 1.70. The van der Waals surface area contributed by atoms with Gasteiger partial charge in [0.15, 0.2) is 0 Å². The molecule has 1 unspecified atom stereocenters. The van der Waals surface area contributed by atoms with Gasteiger partial charge in [0.2, 0.25) is 0 Å². The first-order valence-corrected chi connectivity index (χ1v) is 7.26. The molecule has 1 saturated heterocycles. The minimum Gasteiger partial charge on any atom is -0.375 e. The third-order valence-electron chi connectivity index (χ3n) is 4.23. The average molecular weight is 221 g/mol. The summed E-state index contributed by atoms with van der Waals surface area (Å²) < 4.78 is 0. The fourth-order valence-electron chi connectivity index (χ4n) is 3.33. The summed E-state index contributed by atoms with van der Waals surface area (Å²) in [5.74, 6) is 1.79. The van der Waals surface area contributed by atoms with E-state index in [1.807, 2.05) is 0 Å². The largest absolute Gasteiger partial charge is 0.375 e. The molecule has 1 nitrogen and oxygen atoms in total. The van der Waals surface area contributed by atoms with Crippen LogP contribution in [0.15, 0.2) is 11.8 Å². The number of allylic oxidation sites excluding steroid dienone is 2. The van der Waals surface area contributed by atoms with Gasteiger partial charge in [-0.05, 0) is 37.5 Å². The van der Waals surface area contributed by atoms with Gasteiger partial charge in [0.1, 0.15) is 0 Å². The number of rotatable bonds is 3. The van der Waals surface area contributed by atoms with Gasteiger partial charge < -0.3 is 4.90 Å². The van der Waals surface area contributed by atoms with E-state index in [0.29, 0.717) is 0 Å². The quantitative estimate of drug-likeness (QED) is 0.690. The van der Waals surface area contributed by atoms with Gasteiger partial charge in [-0.2, -0.15) is 0 Å². The lowest BCUT2D eigenvalue weighted by atomic mass is 9.86. The molecule has 0 radical (unpaired) electrons. The van der Waals surface area contributed by atoms with E-state index in [9.17, 15) is 0 Å². The van der Waals surface area contributed by atoms with E-state index in [0.717, 1.165) is 11.8 Å². The first-order chi connectivity index (χ1) is 7.81. The monoisotopic (exact) mass is 221 g/mol. The molecule has 0 N–H and O–H groups in total. The highest BCUT2D eigenvalue weighted by Gasteiger charge is 2.26. The maximum Gasteiger partial charge on any atom is 0.0201 e. The lowest BCUT2D eigenvalue weighted by Crippen LogP contribution is -2.26. The second-order valence-corrected chi connectivity index (χ2v) is 5.71. The smallest absolute Gasteiger partial charge is 0.0201 e. The zero-order chi connectivity index (χ0) is 11.4. The Morgan fingerprint density at radius 2 is 1.94 bits per heavy atom. The third-order valence-corrected chi connectivity index (χ3v) is 4.23. The van der Waals surface area contributed by atoms with Gasteiger partial charge >= 0.3 is 0 Å². The molecule has 0 aromatic rings. The van der Waals surface area contributed by atoms with Crippen LogP contribution in [0.5, 0.6) is 0 Å². The van der Waals surface area contributed by atoms with E-state index in [-0.39, 0.29) is 0 Å². The number of hydrogen-bond acceptors (Lipinski definition) is 1. The van der Waals surface area contributed by atoms with Crippen molar-refractivity contribution in [1.29, 1.82) is 0 Å². The van der Waals surface area contributed by atoms with Crippen LogP contribution in [0.3, 0.4) is 0 Å². The Bertz CT molecular complexity index is 231. The minimum atomic E-state index is 0.888. The minimum absolute atomic E-state index is 0.888. The lowest BCUT2D eigenvalue weighted by Gasteiger charge is -2.32. The van der Waals surface area contributed by atoms with Gasteiger partial charge in [0.25, 0.3) is 0 Å². The van der Waals surface area contributed by atoms with Gasteiger partial charge in [0.05, 0.1) is 0 Å². The first kappa shape index (κ1) is 12.0. The molecular formula is C15H27N. The van der Waals surface area contributed by atoms with Crippen molar-refractivity contribution in [2.45, 2.75) is 58.8 Å². The number of nitrogens with zero attached hydrogens (tertiary/aromatic N) is 1. The molecule has 0 spiro atoms. The number of hydrogen-bond donors (Lipinski definition) is 0. The third kappa shape index (κ3) is 2.81. The van der Waals surface area contributed by atoms with Crippen LogP contribution in [0, 0.1) is 11.8 Å². The second kappa shape index (κ2) is 5.75. The van der Waals surface area contributed by atoms with Gasteiger partial charge in [-0.15, -0.1) is 0 Å². The van der Waals surface area contributed by atoms with E-state index in [2.05, 4.69) is 24.8 Å². The Morgan fingerprint density at radius 3 is 2.50 bits per heavy atom. The van der Waals surface area contributed by atoms with Crippen molar-refractivity contribution >= 4 is 0 Å². The molecular weight excluding hydrogens is 194 g/mol. The van der Waals surface area contributed by atoms with Crippen LogP contribution in [0.25, 0.3) is 0 Å². The van der Waals surface area contributed by atoms with Crippen LogP contribution in [-0.4, -0.2) is 18.0 Å². The Balaban J connectivity index is 2.01. The van der Waals surface area contributed by atoms with E-state index in [4.69, 9.17) is 0 Å². The highest BCUT2D eigenvalue weighted by molar-refractivity contribution is 5.08. The van der Waals surface area contributed by atoms with Crippen molar-refractivity contribution in [3.05, 3.63) is 11.8 Å². The Labute approximate surface area is 101 Å². The molecule has 16 heavy (non-hydrogen) atoms. The molecule has 0 bridgehead atoms. The van der Waals surface area contributed by atoms with E-state index in [1.165, 1.54) is 58.0 Å². The molecule has 92 valence electrons. The summed E-state index contributed by atoms with van der Waals surface area (Å²) in [6.07, 6.45) is 12.4. The van der Waals surface area contributed by atoms with Crippen molar-refractivity contribution < 1.29 is 0 Å². The van der Waals surface area contributed by atoms with Crippen molar-refractivity contribution in [1.82, 2.24) is 4.90 Å². The standard InChI is InChI=1S/C15H27N/c1-3-7-15(14-8-5-4-6-9-14)16-11-10-13(2)12-16/h7,13-14H,3-6,8-12H2,1-2H3/b15-7-. The summed E-state index contributed by atoms with van der Waals surface area (Å²) in [6, 6.07) is 0. The zero-order valence-corrected chi connectivity index (χ0v) is 11.0. The molecule has 1 saturated carbocycles. The average Bonchev–Trinajstić information content (AvgIpc) is 2.74. The summed E-state index contributed by atoms with van der Waals surface area (Å²) in [7, 11) is 0. The predicted octanol–water partition coefficient (Wildman–Crippen LogP) is 4.20. The fourth-order valence-corrected chi connectivity index (χ4v) is 3.33. The lowest BCUT2D eigenvalue weighted by molar-refractivity contribution is 0.297. The Morgan fingerprint density at radius 1 is 1.19 bits per heavy atom. The number of likely N-dealkylation sites (tertiary alicyclic amines) is 1. The van der Waals surface area contributed by atoms with Crippen LogP contribution in [0.4, 0.5) is 0 Å². The summed E-state index contributed by atoms with van der Waals surface area (Å²) >= 11 is 0. The van der Waals surface area contributed by atoms with E-state index < -0.39 is 0 Å². The van der Waals surface area contributed by atoms with Gasteiger partial charge in [-0.3, -0.25) is 0 Å². The Kier molecular flexibility index (Phi) is 4.31. The topological polar surface area (TPSA) is 3.24 Å². The molecule has 2 fully saturated rings. The SMILES string of the molecule is CC/C=C(/C1CCCCC1)N1CCC(C)C1. The highest BCUT2D eigenvalue weighted by atomic mass is 15.2. The van der Waals surface area contributed by atoms with Gasteiger partial charge in [-0.25, -0.2) is 0 Å². The molecule has 1 heterocycles. The molecule has 1 heteroatoms. The molecule has 2 aliphatic rings. The molecule has 1 aliphatic heterocycles. The fraction of sp³-hybridized carbons (Fsp3) is 0.867. The van der Waals surface area contributed by atoms with Crippen LogP contribution in [0.2, 0.25) is 0 Å². The van der Waals surface area contributed by atoms with E-state index >= 15 is 0 Å². The van der Waals surface area contributed by atoms with Gasteiger partial charge in [-0.1, -0.05) is 39.2 Å². The molecule has 0 amide bonds. The summed E-state index contributed by atoms with van der Waals surface area (Å²) in [4.78, 5) is 2.68. The zero-order valence-electron chi connectivity index (χ0n) is 11.0. The van der Waals surface area contributed by atoms with Crippen molar-refractivity contribution in [2.75, 3.05) is 13.1 Å². The summed E-state index contributed by atoms with van der Waals surface area (Å²) in [5, 5.41) is 0. The van der Waals surface area contributed by atoms with Crippen molar-refractivity contribution in [3.8, 4) is 0 Å². The van der Waals surface area contributed by atoms with Crippen molar-refractivity contribution in [2.24, 2.45) is 11.8 Å². The maximum absolute atomic E-state index is 2.68. The molecule has 1 atom stereocenters. The normalized spacial score (nSPS) is 28.8.